The first kappa shape index (κ1) is 21.4. The lowest BCUT2D eigenvalue weighted by Gasteiger charge is -2.08. The number of nitrogens with zero attached hydrogens (tertiary/aromatic N) is 2. The van der Waals surface area contributed by atoms with E-state index in [1.165, 1.54) is 0 Å². The number of aryl methyl sites for hydroxylation is 1. The van der Waals surface area contributed by atoms with Gasteiger partial charge in [-0.25, -0.2) is 0 Å². The van der Waals surface area contributed by atoms with Crippen molar-refractivity contribution in [1.82, 2.24) is 9.55 Å². The van der Waals surface area contributed by atoms with Crippen LogP contribution in [0.4, 0.5) is 11.4 Å². The lowest BCUT2D eigenvalue weighted by atomic mass is 10.1. The molecule has 1 amide bonds. The van der Waals surface area contributed by atoms with Crippen LogP contribution >= 0.6 is 11.6 Å². The van der Waals surface area contributed by atoms with Crippen molar-refractivity contribution >= 4 is 45.6 Å². The Bertz CT molecular complexity index is 1300. The predicted molar refractivity (Wildman–Crippen MR) is 125 cm³/mol. The molecule has 0 bridgehead atoms. The second kappa shape index (κ2) is 9.11. The van der Waals surface area contributed by atoms with E-state index in [0.29, 0.717) is 33.5 Å². The van der Waals surface area contributed by atoms with E-state index in [0.717, 1.165) is 10.9 Å². The topological polar surface area (TPSA) is 99.2 Å². The molecule has 4 aromatic rings. The minimum absolute atomic E-state index is 0.0412. The van der Waals surface area contributed by atoms with E-state index in [4.69, 9.17) is 22.1 Å². The summed E-state index contributed by atoms with van der Waals surface area (Å²) in [6.07, 6.45) is 5.20. The smallest absolute Gasteiger partial charge is 0.224 e. The standard InChI is InChI=1S/C24H21ClN4O3/c1-29-14-19(18-6-5-16(12-22(18)29)32-17-3-2-10-27-13-17)23(30)8-9-24(31)28-21-7-4-15(25)11-20(21)26/h2-7,10-14H,8-9,26H2,1H3,(H,28,31). The number of pyridine rings is 1. The number of Topliss-reactive ketones (excluding diaryl/α,β-unsaturated/α-hetero) is 1. The van der Waals surface area contributed by atoms with Gasteiger partial charge in [0.05, 0.1) is 23.1 Å². The highest BCUT2D eigenvalue weighted by Gasteiger charge is 2.16. The third-order valence-corrected chi connectivity index (χ3v) is 5.23. The molecule has 2 heterocycles. The number of halogens is 1. The monoisotopic (exact) mass is 448 g/mol. The Morgan fingerprint density at radius 2 is 1.97 bits per heavy atom. The predicted octanol–water partition coefficient (Wildman–Crippen LogP) is 5.20. The quantitative estimate of drug-likeness (QED) is 0.299. The minimum atomic E-state index is -0.292. The maximum absolute atomic E-state index is 12.8. The minimum Gasteiger partial charge on any atom is -0.456 e. The molecule has 0 spiro atoms. The van der Waals surface area contributed by atoms with Crippen LogP contribution in [0.3, 0.4) is 0 Å². The van der Waals surface area contributed by atoms with Crippen molar-refractivity contribution in [2.75, 3.05) is 11.1 Å². The van der Waals surface area contributed by atoms with Crippen molar-refractivity contribution in [2.24, 2.45) is 7.05 Å². The van der Waals surface area contributed by atoms with Crippen LogP contribution in [0, 0.1) is 0 Å². The summed E-state index contributed by atoms with van der Waals surface area (Å²) in [5.41, 5.74) is 8.12. The Hall–Kier alpha value is -3.84. The fraction of sp³-hybridized carbons (Fsp3) is 0.125. The zero-order chi connectivity index (χ0) is 22.7. The van der Waals surface area contributed by atoms with Crippen LogP contribution in [0.25, 0.3) is 10.9 Å². The number of nitrogens with two attached hydrogens (primary N) is 1. The second-order valence-corrected chi connectivity index (χ2v) is 7.76. The van der Waals surface area contributed by atoms with E-state index < -0.39 is 0 Å². The zero-order valence-electron chi connectivity index (χ0n) is 17.3. The fourth-order valence-corrected chi connectivity index (χ4v) is 3.60. The molecule has 4 rings (SSSR count). The normalized spacial score (nSPS) is 10.8. The summed E-state index contributed by atoms with van der Waals surface area (Å²) in [6.45, 7) is 0. The van der Waals surface area contributed by atoms with Gasteiger partial charge >= 0.3 is 0 Å². The Balaban J connectivity index is 1.44. The van der Waals surface area contributed by atoms with Gasteiger partial charge in [0.25, 0.3) is 0 Å². The summed E-state index contributed by atoms with van der Waals surface area (Å²) in [6, 6.07) is 14.0. The fourth-order valence-electron chi connectivity index (χ4n) is 3.41. The van der Waals surface area contributed by atoms with Crippen molar-refractivity contribution in [3.05, 3.63) is 77.7 Å². The number of nitrogens with one attached hydrogen (secondary N) is 1. The number of fused-ring (bicyclic) bond motifs is 1. The van der Waals surface area contributed by atoms with Crippen LogP contribution in [-0.2, 0) is 11.8 Å². The number of hydrogen-bond acceptors (Lipinski definition) is 5. The van der Waals surface area contributed by atoms with Crippen molar-refractivity contribution in [1.29, 1.82) is 0 Å². The van der Waals surface area contributed by atoms with E-state index in [9.17, 15) is 9.59 Å². The largest absolute Gasteiger partial charge is 0.456 e. The number of carbonyl (C=O) groups excluding carboxylic acids is 2. The molecule has 0 radical (unpaired) electrons. The lowest BCUT2D eigenvalue weighted by molar-refractivity contribution is -0.116. The summed E-state index contributed by atoms with van der Waals surface area (Å²) in [5.74, 6) is 0.867. The van der Waals surface area contributed by atoms with E-state index in [1.807, 2.05) is 35.9 Å². The molecule has 0 aliphatic carbocycles. The van der Waals surface area contributed by atoms with Crippen molar-refractivity contribution in [3.63, 3.8) is 0 Å². The number of hydrogen-bond donors (Lipinski definition) is 2. The molecule has 0 saturated heterocycles. The number of ether oxygens (including phenoxy) is 1. The molecule has 0 saturated carbocycles. The zero-order valence-corrected chi connectivity index (χ0v) is 18.1. The summed E-state index contributed by atoms with van der Waals surface area (Å²) < 4.78 is 7.70. The number of carbonyl (C=O) groups is 2. The van der Waals surface area contributed by atoms with Gasteiger partial charge in [0, 0.05) is 54.3 Å². The molecular weight excluding hydrogens is 428 g/mol. The molecule has 0 aliphatic heterocycles. The average molecular weight is 449 g/mol. The van der Waals surface area contributed by atoms with Crippen LogP contribution in [0.5, 0.6) is 11.5 Å². The number of amides is 1. The summed E-state index contributed by atoms with van der Waals surface area (Å²) in [7, 11) is 1.86. The summed E-state index contributed by atoms with van der Waals surface area (Å²) in [5, 5.41) is 4.01. The van der Waals surface area contributed by atoms with Gasteiger partial charge in [-0.2, -0.15) is 0 Å². The molecule has 2 aromatic carbocycles. The Kier molecular flexibility index (Phi) is 6.09. The number of aromatic nitrogens is 2. The average Bonchev–Trinajstić information content (AvgIpc) is 3.11. The molecule has 162 valence electrons. The molecule has 0 fully saturated rings. The molecule has 0 unspecified atom stereocenters. The van der Waals surface area contributed by atoms with Gasteiger partial charge in [-0.1, -0.05) is 11.6 Å². The highest BCUT2D eigenvalue weighted by Crippen LogP contribution is 2.29. The van der Waals surface area contributed by atoms with Gasteiger partial charge in [0.15, 0.2) is 5.78 Å². The third-order valence-electron chi connectivity index (χ3n) is 5.00. The van der Waals surface area contributed by atoms with Gasteiger partial charge in [-0.15, -0.1) is 0 Å². The van der Waals surface area contributed by atoms with E-state index >= 15 is 0 Å². The van der Waals surface area contributed by atoms with E-state index in [2.05, 4.69) is 10.3 Å². The first-order valence-corrected chi connectivity index (χ1v) is 10.3. The van der Waals surface area contributed by atoms with Crippen molar-refractivity contribution in [2.45, 2.75) is 12.8 Å². The number of nitrogen functional groups attached to an aromatic ring is 1. The third kappa shape index (κ3) is 4.73. The van der Waals surface area contributed by atoms with Crippen LogP contribution < -0.4 is 15.8 Å². The van der Waals surface area contributed by atoms with Gasteiger partial charge in [0.2, 0.25) is 5.91 Å². The number of rotatable bonds is 7. The van der Waals surface area contributed by atoms with Crippen molar-refractivity contribution in [3.8, 4) is 11.5 Å². The maximum Gasteiger partial charge on any atom is 0.224 e. The summed E-state index contributed by atoms with van der Waals surface area (Å²) in [4.78, 5) is 29.2. The molecule has 3 N–H and O–H groups in total. The van der Waals surface area contributed by atoms with Crippen LogP contribution in [-0.4, -0.2) is 21.2 Å². The first-order valence-electron chi connectivity index (χ1n) is 9.96. The highest BCUT2D eigenvalue weighted by atomic mass is 35.5. The molecule has 7 nitrogen and oxygen atoms in total. The molecule has 0 atom stereocenters. The number of ketones is 1. The lowest BCUT2D eigenvalue weighted by Crippen LogP contribution is -2.14. The highest BCUT2D eigenvalue weighted by molar-refractivity contribution is 6.31. The molecule has 8 heteroatoms. The van der Waals surface area contributed by atoms with Crippen LogP contribution in [0.15, 0.2) is 67.1 Å². The van der Waals surface area contributed by atoms with Crippen LogP contribution in [0.1, 0.15) is 23.2 Å². The van der Waals surface area contributed by atoms with Gasteiger partial charge in [-0.05, 0) is 42.5 Å². The van der Waals surface area contributed by atoms with Gasteiger partial charge < -0.3 is 20.4 Å². The SMILES string of the molecule is Cn1cc(C(=O)CCC(=O)Nc2ccc(Cl)cc2N)c2ccc(Oc3cccnc3)cc21. The van der Waals surface area contributed by atoms with Gasteiger partial charge in [-0.3, -0.25) is 14.6 Å². The van der Waals surface area contributed by atoms with E-state index in [1.54, 1.807) is 42.9 Å². The molecule has 32 heavy (non-hydrogen) atoms. The first-order chi connectivity index (χ1) is 15.4. The molecule has 0 aliphatic rings. The molecule has 2 aromatic heterocycles. The molecular formula is C24H21ClN4O3. The summed E-state index contributed by atoms with van der Waals surface area (Å²) >= 11 is 5.87. The van der Waals surface area contributed by atoms with Gasteiger partial charge in [0.1, 0.15) is 11.5 Å². The Morgan fingerprint density at radius 3 is 2.72 bits per heavy atom. The number of anilines is 2. The van der Waals surface area contributed by atoms with E-state index in [-0.39, 0.29) is 24.5 Å². The Morgan fingerprint density at radius 1 is 1.12 bits per heavy atom. The second-order valence-electron chi connectivity index (χ2n) is 7.33. The maximum atomic E-state index is 12.8. The van der Waals surface area contributed by atoms with Crippen molar-refractivity contribution < 1.29 is 14.3 Å². The van der Waals surface area contributed by atoms with Crippen LogP contribution in [0.2, 0.25) is 5.02 Å². The Labute approximate surface area is 189 Å². The number of benzene rings is 2.